The van der Waals surface area contributed by atoms with Gasteiger partial charge in [0.15, 0.2) is 0 Å². The lowest BCUT2D eigenvalue weighted by Crippen LogP contribution is -1.93. The van der Waals surface area contributed by atoms with E-state index in [0.717, 1.165) is 10.9 Å². The van der Waals surface area contributed by atoms with E-state index in [-0.39, 0.29) is 0 Å². The first-order chi connectivity index (χ1) is 6.40. The van der Waals surface area contributed by atoms with Gasteiger partial charge in [0.1, 0.15) is 0 Å². The molecule has 0 saturated heterocycles. The summed E-state index contributed by atoms with van der Waals surface area (Å²) in [6.07, 6.45) is 2.89. The zero-order valence-electron chi connectivity index (χ0n) is 6.75. The van der Waals surface area contributed by atoms with Gasteiger partial charge in [-0.1, -0.05) is 18.2 Å². The Balaban J connectivity index is 2.68. The average molecular weight is 170 g/mol. The normalized spacial score (nSPS) is 9.54. The van der Waals surface area contributed by atoms with Gasteiger partial charge < -0.3 is 5.53 Å². The predicted octanol–water partition coefficient (Wildman–Crippen LogP) is 1.28. The van der Waals surface area contributed by atoms with Crippen molar-refractivity contribution < 1.29 is 4.79 Å². The fraction of sp³-hybridized carbons (Fsp3) is 0. The number of hydrogen-bond acceptors (Lipinski definition) is 2. The van der Waals surface area contributed by atoms with E-state index in [4.69, 9.17) is 5.53 Å². The minimum Gasteiger partial charge on any atom is -0.361 e. The van der Waals surface area contributed by atoms with Crippen molar-refractivity contribution in [2.24, 2.45) is 0 Å². The molecule has 0 spiro atoms. The molecule has 1 heterocycles. The van der Waals surface area contributed by atoms with E-state index < -0.39 is 0 Å². The van der Waals surface area contributed by atoms with Crippen LogP contribution in [-0.4, -0.2) is 21.0 Å². The van der Waals surface area contributed by atoms with Crippen LogP contribution in [0.5, 0.6) is 0 Å². The molecule has 0 atom stereocenters. The Kier molecular flexibility index (Phi) is 1.82. The first kappa shape index (κ1) is 7.58. The van der Waals surface area contributed by atoms with E-state index in [0.29, 0.717) is 5.82 Å². The summed E-state index contributed by atoms with van der Waals surface area (Å²) in [4.78, 5) is 11.0. The molecule has 0 saturated carbocycles. The maximum atomic E-state index is 8.28. The summed E-state index contributed by atoms with van der Waals surface area (Å²) in [5, 5.41) is 0.970. The summed E-state index contributed by atoms with van der Waals surface area (Å²) in [5.74, 6) is 0.404. The number of fused-ring (bicyclic) bond motifs is 1. The lowest BCUT2D eigenvalue weighted by atomic mass is 10.2. The highest BCUT2D eigenvalue weighted by atomic mass is 14.9. The monoisotopic (exact) mass is 170 g/mol. The standard InChI is InChI=1S/C9H6N4/c10-12-6-9-11-5-7-3-1-2-4-8(7)13-9/h1-6H. The molecule has 0 fully saturated rings. The van der Waals surface area contributed by atoms with Crippen LogP contribution in [0.2, 0.25) is 0 Å². The lowest BCUT2D eigenvalue weighted by molar-refractivity contribution is 0.00396. The maximum Gasteiger partial charge on any atom is 0.324 e. The summed E-state index contributed by atoms with van der Waals surface area (Å²) >= 11 is 0. The van der Waals surface area contributed by atoms with Crippen molar-refractivity contribution >= 4 is 17.1 Å². The van der Waals surface area contributed by atoms with Gasteiger partial charge in [0.2, 0.25) is 5.82 Å². The van der Waals surface area contributed by atoms with Crippen LogP contribution in [-0.2, 0) is 0 Å². The third-order valence-electron chi connectivity index (χ3n) is 1.68. The van der Waals surface area contributed by atoms with Crippen molar-refractivity contribution in [1.82, 2.24) is 9.97 Å². The van der Waals surface area contributed by atoms with E-state index >= 15 is 0 Å². The SMILES string of the molecule is [N-]=[N+]=Cc1ncc2ccccc2n1. The summed E-state index contributed by atoms with van der Waals surface area (Å²) in [6, 6.07) is 7.63. The van der Waals surface area contributed by atoms with E-state index in [1.807, 2.05) is 24.3 Å². The van der Waals surface area contributed by atoms with Gasteiger partial charge in [-0.2, -0.15) is 4.79 Å². The van der Waals surface area contributed by atoms with E-state index in [1.165, 1.54) is 6.21 Å². The van der Waals surface area contributed by atoms with E-state index in [9.17, 15) is 0 Å². The summed E-state index contributed by atoms with van der Waals surface area (Å²) in [6.45, 7) is 0. The van der Waals surface area contributed by atoms with Crippen LogP contribution >= 0.6 is 0 Å². The topological polar surface area (TPSA) is 62.2 Å². The number of benzene rings is 1. The Bertz CT molecular complexity index is 486. The van der Waals surface area contributed by atoms with Crippen LogP contribution in [0.15, 0.2) is 30.5 Å². The molecule has 2 rings (SSSR count). The number of aromatic nitrogens is 2. The zero-order valence-corrected chi connectivity index (χ0v) is 6.75. The Hall–Kier alpha value is -2.06. The molecule has 0 radical (unpaired) electrons. The van der Waals surface area contributed by atoms with Crippen LogP contribution in [0.25, 0.3) is 16.4 Å². The van der Waals surface area contributed by atoms with Gasteiger partial charge in [-0.15, -0.1) is 0 Å². The second-order valence-corrected chi connectivity index (χ2v) is 2.53. The van der Waals surface area contributed by atoms with Crippen LogP contribution in [0.1, 0.15) is 5.82 Å². The van der Waals surface area contributed by atoms with Crippen molar-refractivity contribution in [2.45, 2.75) is 0 Å². The second kappa shape index (κ2) is 3.13. The molecule has 0 aliphatic rings. The van der Waals surface area contributed by atoms with Gasteiger partial charge in [-0.3, -0.25) is 0 Å². The molecule has 62 valence electrons. The first-order valence-corrected chi connectivity index (χ1v) is 3.79. The largest absolute Gasteiger partial charge is 0.361 e. The van der Waals surface area contributed by atoms with Crippen molar-refractivity contribution in [2.75, 3.05) is 0 Å². The predicted molar refractivity (Wildman–Crippen MR) is 48.3 cm³/mol. The number of para-hydroxylation sites is 1. The van der Waals surface area contributed by atoms with Crippen molar-refractivity contribution in [3.8, 4) is 0 Å². The van der Waals surface area contributed by atoms with Gasteiger partial charge in [-0.25, -0.2) is 9.97 Å². The highest BCUT2D eigenvalue weighted by Crippen LogP contribution is 2.08. The molecule has 4 heteroatoms. The highest BCUT2D eigenvalue weighted by molar-refractivity contribution is 5.80. The summed E-state index contributed by atoms with van der Waals surface area (Å²) < 4.78 is 0. The van der Waals surface area contributed by atoms with Crippen LogP contribution in [0.4, 0.5) is 0 Å². The minimum absolute atomic E-state index is 0.404. The second-order valence-electron chi connectivity index (χ2n) is 2.53. The molecule has 13 heavy (non-hydrogen) atoms. The van der Waals surface area contributed by atoms with Crippen LogP contribution < -0.4 is 0 Å². The molecule has 0 amide bonds. The summed E-state index contributed by atoms with van der Waals surface area (Å²) in [5.41, 5.74) is 9.12. The third-order valence-corrected chi connectivity index (χ3v) is 1.68. The highest BCUT2D eigenvalue weighted by Gasteiger charge is 1.98. The molecule has 0 bridgehead atoms. The number of hydrogen-bond donors (Lipinski definition) is 0. The van der Waals surface area contributed by atoms with Crippen molar-refractivity contribution in [3.63, 3.8) is 0 Å². The molecule has 0 N–H and O–H groups in total. The van der Waals surface area contributed by atoms with Crippen molar-refractivity contribution in [1.29, 1.82) is 0 Å². The third kappa shape index (κ3) is 1.43. The molecule has 1 aromatic carbocycles. The molecule has 4 nitrogen and oxygen atoms in total. The lowest BCUT2D eigenvalue weighted by Gasteiger charge is -1.93. The fourth-order valence-electron chi connectivity index (χ4n) is 1.10. The Morgan fingerprint density at radius 1 is 1.31 bits per heavy atom. The van der Waals surface area contributed by atoms with Gasteiger partial charge in [-0.05, 0) is 6.07 Å². The maximum absolute atomic E-state index is 8.28. The number of rotatable bonds is 1. The molecular weight excluding hydrogens is 164 g/mol. The molecule has 2 aromatic rings. The Labute approximate surface area is 74.5 Å². The van der Waals surface area contributed by atoms with Crippen LogP contribution in [0, 0.1) is 0 Å². The quantitative estimate of drug-likeness (QED) is 0.367. The summed E-state index contributed by atoms with van der Waals surface area (Å²) in [7, 11) is 0. The fourth-order valence-corrected chi connectivity index (χ4v) is 1.10. The minimum atomic E-state index is 0.404. The molecule has 1 aromatic heterocycles. The Morgan fingerprint density at radius 2 is 2.15 bits per heavy atom. The van der Waals surface area contributed by atoms with Gasteiger partial charge in [0, 0.05) is 11.6 Å². The van der Waals surface area contributed by atoms with Crippen molar-refractivity contribution in [3.05, 3.63) is 41.8 Å². The van der Waals surface area contributed by atoms with Gasteiger partial charge in [0.05, 0.1) is 5.52 Å². The molecule has 0 aliphatic carbocycles. The molecular formula is C9H6N4. The van der Waals surface area contributed by atoms with Gasteiger partial charge >= 0.3 is 6.21 Å². The van der Waals surface area contributed by atoms with Gasteiger partial charge in [0.25, 0.3) is 0 Å². The first-order valence-electron chi connectivity index (χ1n) is 3.79. The molecule has 0 unspecified atom stereocenters. The molecule has 0 aliphatic heterocycles. The Morgan fingerprint density at radius 3 is 3.00 bits per heavy atom. The zero-order chi connectivity index (χ0) is 9.10. The van der Waals surface area contributed by atoms with E-state index in [2.05, 4.69) is 14.8 Å². The average Bonchev–Trinajstić information content (AvgIpc) is 2.18. The van der Waals surface area contributed by atoms with Crippen LogP contribution in [0.3, 0.4) is 0 Å². The smallest absolute Gasteiger partial charge is 0.324 e. The van der Waals surface area contributed by atoms with E-state index in [1.54, 1.807) is 6.20 Å². The number of nitrogens with zero attached hydrogens (tertiary/aromatic N) is 4.